The van der Waals surface area contributed by atoms with Gasteiger partial charge in [0.15, 0.2) is 5.78 Å². The van der Waals surface area contributed by atoms with E-state index in [-0.39, 0.29) is 11.2 Å². The standard InChI is InChI=1S/C21H29NO/c1-13(22)17-6-7-18-16-5-4-14-12-15(23)8-10-20(14,2)19(16)9-11-21(17,18)3/h8-10,12-13,16-18H,4-7,11,22H2,1-3H3/t13?,16-,17+,18-,20-,21+/m0/s1. The Hall–Kier alpha value is -1.15. The van der Waals surface area contributed by atoms with Crippen LogP contribution in [0.1, 0.15) is 52.9 Å². The number of nitrogens with two attached hydrogens (primary N) is 1. The zero-order chi connectivity index (χ0) is 16.4. The van der Waals surface area contributed by atoms with E-state index in [1.54, 1.807) is 11.6 Å². The van der Waals surface area contributed by atoms with Gasteiger partial charge in [-0.05, 0) is 81.3 Å². The lowest BCUT2D eigenvalue weighted by Gasteiger charge is -2.52. The van der Waals surface area contributed by atoms with E-state index < -0.39 is 0 Å². The van der Waals surface area contributed by atoms with Crippen molar-refractivity contribution >= 4 is 5.78 Å². The summed E-state index contributed by atoms with van der Waals surface area (Å²) in [5, 5.41) is 0. The molecular weight excluding hydrogens is 282 g/mol. The fraction of sp³-hybridized carbons (Fsp3) is 0.667. The van der Waals surface area contributed by atoms with Gasteiger partial charge in [-0.2, -0.15) is 0 Å². The fourth-order valence-electron chi connectivity index (χ4n) is 6.42. The predicted molar refractivity (Wildman–Crippen MR) is 93.7 cm³/mol. The summed E-state index contributed by atoms with van der Waals surface area (Å²) in [7, 11) is 0. The number of hydrogen-bond acceptors (Lipinski definition) is 2. The van der Waals surface area contributed by atoms with Crippen molar-refractivity contribution in [1.82, 2.24) is 0 Å². The van der Waals surface area contributed by atoms with Gasteiger partial charge in [-0.15, -0.1) is 0 Å². The van der Waals surface area contributed by atoms with Crippen LogP contribution in [0.3, 0.4) is 0 Å². The van der Waals surface area contributed by atoms with Crippen LogP contribution in [0.15, 0.2) is 35.5 Å². The van der Waals surface area contributed by atoms with Crippen LogP contribution in [0.5, 0.6) is 0 Å². The molecule has 0 spiro atoms. The third-order valence-electron chi connectivity index (χ3n) is 7.65. The summed E-state index contributed by atoms with van der Waals surface area (Å²) < 4.78 is 0. The lowest BCUT2D eigenvalue weighted by molar-refractivity contribution is -0.110. The molecule has 6 atom stereocenters. The third kappa shape index (κ3) is 2.00. The van der Waals surface area contributed by atoms with E-state index in [1.165, 1.54) is 24.8 Å². The summed E-state index contributed by atoms with van der Waals surface area (Å²) in [6.07, 6.45) is 14.4. The Morgan fingerprint density at radius 2 is 2.04 bits per heavy atom. The molecule has 2 nitrogen and oxygen atoms in total. The highest BCUT2D eigenvalue weighted by Crippen LogP contribution is 2.64. The van der Waals surface area contributed by atoms with E-state index in [0.717, 1.165) is 18.8 Å². The third-order valence-corrected chi connectivity index (χ3v) is 7.65. The lowest BCUT2D eigenvalue weighted by Crippen LogP contribution is -2.46. The minimum atomic E-state index is -0.00935. The number of rotatable bonds is 1. The first-order chi connectivity index (χ1) is 10.9. The molecule has 0 aromatic rings. The zero-order valence-electron chi connectivity index (χ0n) is 14.6. The SMILES string of the molecule is CC(N)[C@H]1CC[C@H]2[C@@H]3CCC4=CC(=O)C=C[C@]4(C)C3=CC[C@]12C. The molecule has 0 heterocycles. The average molecular weight is 311 g/mol. The van der Waals surface area contributed by atoms with Crippen molar-refractivity contribution < 1.29 is 4.79 Å². The summed E-state index contributed by atoms with van der Waals surface area (Å²) in [5.74, 6) is 2.26. The van der Waals surface area contributed by atoms with Crippen LogP contribution in [0.25, 0.3) is 0 Å². The molecule has 124 valence electrons. The largest absolute Gasteiger partial charge is 0.328 e. The molecule has 2 saturated carbocycles. The molecule has 0 aliphatic heterocycles. The Labute approximate surface area is 139 Å². The average Bonchev–Trinajstić information content (AvgIpc) is 2.85. The minimum Gasteiger partial charge on any atom is -0.328 e. The van der Waals surface area contributed by atoms with Gasteiger partial charge >= 0.3 is 0 Å². The van der Waals surface area contributed by atoms with E-state index >= 15 is 0 Å². The first kappa shape index (κ1) is 15.4. The quantitative estimate of drug-likeness (QED) is 0.738. The predicted octanol–water partition coefficient (Wildman–Crippen LogP) is 4.18. The second kappa shape index (κ2) is 4.92. The van der Waals surface area contributed by atoms with Crippen molar-refractivity contribution in [2.24, 2.45) is 34.3 Å². The van der Waals surface area contributed by atoms with Gasteiger partial charge in [0.2, 0.25) is 0 Å². The molecule has 4 rings (SSSR count). The molecule has 0 aromatic heterocycles. The molecule has 0 bridgehead atoms. The molecule has 1 unspecified atom stereocenters. The zero-order valence-corrected chi connectivity index (χ0v) is 14.6. The van der Waals surface area contributed by atoms with E-state index in [0.29, 0.717) is 23.3 Å². The van der Waals surface area contributed by atoms with Crippen molar-refractivity contribution in [1.29, 1.82) is 0 Å². The van der Waals surface area contributed by atoms with Gasteiger partial charge in [0.05, 0.1) is 0 Å². The van der Waals surface area contributed by atoms with Gasteiger partial charge < -0.3 is 5.73 Å². The van der Waals surface area contributed by atoms with Gasteiger partial charge in [0.1, 0.15) is 0 Å². The number of hydrogen-bond donors (Lipinski definition) is 1. The Kier molecular flexibility index (Phi) is 3.29. The fourth-order valence-corrected chi connectivity index (χ4v) is 6.42. The number of fused-ring (bicyclic) bond motifs is 5. The van der Waals surface area contributed by atoms with E-state index in [4.69, 9.17) is 5.73 Å². The summed E-state index contributed by atoms with van der Waals surface area (Å²) >= 11 is 0. The maximum Gasteiger partial charge on any atom is 0.178 e. The normalized spacial score (nSPS) is 46.4. The first-order valence-corrected chi connectivity index (χ1v) is 9.26. The number of carbonyl (C=O) groups excluding carboxylic acids is 1. The minimum absolute atomic E-state index is 0.00935. The number of carbonyl (C=O) groups is 1. The van der Waals surface area contributed by atoms with E-state index in [2.05, 4.69) is 32.9 Å². The molecule has 23 heavy (non-hydrogen) atoms. The molecule has 2 fully saturated rings. The van der Waals surface area contributed by atoms with Crippen LogP contribution in [-0.2, 0) is 4.79 Å². The topological polar surface area (TPSA) is 43.1 Å². The smallest absolute Gasteiger partial charge is 0.178 e. The van der Waals surface area contributed by atoms with Crippen molar-refractivity contribution in [2.45, 2.75) is 58.9 Å². The molecule has 4 aliphatic rings. The monoisotopic (exact) mass is 311 g/mol. The van der Waals surface area contributed by atoms with Crippen LogP contribution in [-0.4, -0.2) is 11.8 Å². The van der Waals surface area contributed by atoms with Crippen LogP contribution in [0.2, 0.25) is 0 Å². The van der Waals surface area contributed by atoms with Gasteiger partial charge in [0, 0.05) is 11.5 Å². The molecule has 0 saturated heterocycles. The van der Waals surface area contributed by atoms with Crippen molar-refractivity contribution in [3.8, 4) is 0 Å². The van der Waals surface area contributed by atoms with Crippen molar-refractivity contribution in [2.75, 3.05) is 0 Å². The van der Waals surface area contributed by atoms with Gasteiger partial charge in [0.25, 0.3) is 0 Å². The summed E-state index contributed by atoms with van der Waals surface area (Å²) in [6.45, 7) is 7.00. The van der Waals surface area contributed by atoms with Crippen LogP contribution < -0.4 is 5.73 Å². The molecular formula is C21H29NO. The molecule has 0 aromatic carbocycles. The summed E-state index contributed by atoms with van der Waals surface area (Å²) in [5.41, 5.74) is 9.61. The molecule has 2 N–H and O–H groups in total. The molecule has 2 heteroatoms. The Morgan fingerprint density at radius 3 is 2.78 bits per heavy atom. The maximum absolute atomic E-state index is 11.8. The number of allylic oxidation sites excluding steroid dienone is 6. The van der Waals surface area contributed by atoms with Gasteiger partial charge in [-0.25, -0.2) is 0 Å². The van der Waals surface area contributed by atoms with Crippen LogP contribution in [0.4, 0.5) is 0 Å². The highest BCUT2D eigenvalue weighted by molar-refractivity contribution is 6.01. The Morgan fingerprint density at radius 1 is 1.26 bits per heavy atom. The van der Waals surface area contributed by atoms with Crippen LogP contribution in [0, 0.1) is 28.6 Å². The van der Waals surface area contributed by atoms with Crippen molar-refractivity contribution in [3.63, 3.8) is 0 Å². The van der Waals surface area contributed by atoms with E-state index in [1.807, 2.05) is 6.08 Å². The van der Waals surface area contributed by atoms with Crippen LogP contribution >= 0.6 is 0 Å². The Bertz CT molecular complexity index is 640. The summed E-state index contributed by atoms with van der Waals surface area (Å²) in [6, 6.07) is 0.293. The highest BCUT2D eigenvalue weighted by Gasteiger charge is 2.55. The van der Waals surface area contributed by atoms with Gasteiger partial charge in [-0.1, -0.05) is 30.2 Å². The second-order valence-corrected chi connectivity index (χ2v) is 8.77. The maximum atomic E-state index is 11.8. The molecule has 0 amide bonds. The second-order valence-electron chi connectivity index (χ2n) is 8.77. The molecule has 4 aliphatic carbocycles. The highest BCUT2D eigenvalue weighted by atomic mass is 16.1. The van der Waals surface area contributed by atoms with Gasteiger partial charge in [-0.3, -0.25) is 4.79 Å². The molecule has 0 radical (unpaired) electrons. The summed E-state index contributed by atoms with van der Waals surface area (Å²) in [4.78, 5) is 11.8. The Balaban J connectivity index is 1.74. The van der Waals surface area contributed by atoms with Crippen molar-refractivity contribution in [3.05, 3.63) is 35.5 Å². The van der Waals surface area contributed by atoms with E-state index in [9.17, 15) is 4.79 Å². The lowest BCUT2D eigenvalue weighted by atomic mass is 9.52. The first-order valence-electron chi connectivity index (χ1n) is 9.26. The number of ketones is 1.